The first-order valence-electron chi connectivity index (χ1n) is 10.4. The first kappa shape index (κ1) is 21.7. The van der Waals surface area contributed by atoms with E-state index in [1.54, 1.807) is 29.2 Å². The Morgan fingerprint density at radius 2 is 1.78 bits per heavy atom. The molecule has 3 aromatic rings. The van der Waals surface area contributed by atoms with Gasteiger partial charge in [0, 0.05) is 24.6 Å². The topological polar surface area (TPSA) is 66.6 Å². The van der Waals surface area contributed by atoms with Crippen molar-refractivity contribution in [1.29, 1.82) is 0 Å². The summed E-state index contributed by atoms with van der Waals surface area (Å²) in [4.78, 5) is 14.9. The van der Waals surface area contributed by atoms with Crippen LogP contribution >= 0.6 is 0 Å². The van der Waals surface area contributed by atoms with Crippen molar-refractivity contribution >= 4 is 11.5 Å². The Bertz CT molecular complexity index is 1130. The molecular weight excluding hydrogens is 410 g/mol. The van der Waals surface area contributed by atoms with Gasteiger partial charge in [-0.2, -0.15) is 0 Å². The van der Waals surface area contributed by atoms with Gasteiger partial charge in [0.15, 0.2) is 0 Å². The number of nitrogens with zero attached hydrogens (tertiary/aromatic N) is 1. The van der Waals surface area contributed by atoms with E-state index in [1.807, 2.05) is 36.4 Å². The normalized spacial score (nSPS) is 16.7. The molecule has 0 spiro atoms. The van der Waals surface area contributed by atoms with E-state index in [0.29, 0.717) is 12.0 Å². The van der Waals surface area contributed by atoms with Crippen molar-refractivity contribution in [2.75, 3.05) is 6.54 Å². The maximum absolute atomic E-state index is 14.4. The number of rotatable bonds is 6. The van der Waals surface area contributed by atoms with Crippen LogP contribution in [0.3, 0.4) is 0 Å². The molecule has 1 aliphatic heterocycles. The molecule has 1 heterocycles. The number of benzene rings is 3. The maximum Gasteiger partial charge on any atom is 0.225 e. The van der Waals surface area contributed by atoms with Gasteiger partial charge in [0.05, 0.1) is 6.04 Å². The number of amides is 1. The van der Waals surface area contributed by atoms with Gasteiger partial charge in [-0.1, -0.05) is 48.5 Å². The van der Waals surface area contributed by atoms with Gasteiger partial charge in [-0.3, -0.25) is 4.79 Å². The smallest absolute Gasteiger partial charge is 0.225 e. The molecule has 4 nitrogen and oxygen atoms in total. The highest BCUT2D eigenvalue weighted by Gasteiger charge is 2.32. The second-order valence-electron chi connectivity index (χ2n) is 8.03. The molecule has 0 bridgehead atoms. The van der Waals surface area contributed by atoms with Crippen molar-refractivity contribution in [3.63, 3.8) is 0 Å². The van der Waals surface area contributed by atoms with E-state index in [0.717, 1.165) is 29.3 Å². The number of halogens is 2. The third kappa shape index (κ3) is 4.86. The molecule has 0 saturated carbocycles. The average molecular weight is 434 g/mol. The predicted molar refractivity (Wildman–Crippen MR) is 120 cm³/mol. The lowest BCUT2D eigenvalue weighted by Crippen LogP contribution is -2.37. The van der Waals surface area contributed by atoms with Crippen molar-refractivity contribution < 1.29 is 18.7 Å². The Hall–Kier alpha value is -3.51. The molecule has 3 aromatic carbocycles. The third-order valence-electron chi connectivity index (χ3n) is 5.64. The zero-order valence-corrected chi connectivity index (χ0v) is 17.4. The van der Waals surface area contributed by atoms with Crippen LogP contribution in [0, 0.1) is 11.6 Å². The van der Waals surface area contributed by atoms with Gasteiger partial charge in [0.25, 0.3) is 0 Å². The van der Waals surface area contributed by atoms with Crippen molar-refractivity contribution in [1.82, 2.24) is 4.90 Å². The van der Waals surface area contributed by atoms with Crippen LogP contribution in [0.25, 0.3) is 5.57 Å². The molecular formula is C26H24F2N2O2. The second kappa shape index (κ2) is 9.32. The standard InChI is InChI=1S/C26H24F2N2O2/c27-20-8-11-24(28)23(14-20)19-13-25(18-4-2-1-3-5-18)30(16-19)26(32)15-21(29)12-17-6-9-22(31)10-7-17/h1-11,13-14,21,25,31H,12,15-16,29H2. The molecule has 0 radical (unpaired) electrons. The first-order valence-corrected chi connectivity index (χ1v) is 10.4. The molecule has 6 heteroatoms. The lowest BCUT2D eigenvalue weighted by Gasteiger charge is -2.26. The minimum atomic E-state index is -0.528. The zero-order chi connectivity index (χ0) is 22.7. The van der Waals surface area contributed by atoms with Crippen LogP contribution in [0.1, 0.15) is 29.2 Å². The summed E-state index contributed by atoms with van der Waals surface area (Å²) in [6.45, 7) is 0.171. The molecule has 0 aromatic heterocycles. The van der Waals surface area contributed by atoms with Crippen LogP contribution in [0.15, 0.2) is 78.9 Å². The molecule has 164 valence electrons. The van der Waals surface area contributed by atoms with E-state index >= 15 is 0 Å². The summed E-state index contributed by atoms with van der Waals surface area (Å²) in [7, 11) is 0. The third-order valence-corrected chi connectivity index (χ3v) is 5.64. The van der Waals surface area contributed by atoms with E-state index in [-0.39, 0.29) is 36.2 Å². The molecule has 4 rings (SSSR count). The Morgan fingerprint density at radius 1 is 1.06 bits per heavy atom. The fourth-order valence-corrected chi connectivity index (χ4v) is 4.05. The van der Waals surface area contributed by atoms with Gasteiger partial charge in [0.1, 0.15) is 17.4 Å². The van der Waals surface area contributed by atoms with Gasteiger partial charge >= 0.3 is 0 Å². The Balaban J connectivity index is 1.55. The summed E-state index contributed by atoms with van der Waals surface area (Å²) in [5, 5.41) is 9.42. The van der Waals surface area contributed by atoms with Gasteiger partial charge in [-0.25, -0.2) is 8.78 Å². The lowest BCUT2D eigenvalue weighted by atomic mass is 10.0. The number of hydrogen-bond donors (Lipinski definition) is 2. The Labute approximate surface area is 185 Å². The molecule has 0 saturated heterocycles. The van der Waals surface area contributed by atoms with Crippen LogP contribution < -0.4 is 5.73 Å². The van der Waals surface area contributed by atoms with Crippen LogP contribution in [0.5, 0.6) is 5.75 Å². The highest BCUT2D eigenvalue weighted by molar-refractivity contribution is 5.83. The molecule has 0 aliphatic carbocycles. The minimum Gasteiger partial charge on any atom is -0.508 e. The molecule has 3 N–H and O–H groups in total. The highest BCUT2D eigenvalue weighted by atomic mass is 19.1. The number of carbonyl (C=O) groups is 1. The van der Waals surface area contributed by atoms with Crippen LogP contribution in [-0.4, -0.2) is 28.5 Å². The molecule has 1 amide bonds. The van der Waals surface area contributed by atoms with Crippen LogP contribution in [0.4, 0.5) is 8.78 Å². The number of aromatic hydroxyl groups is 1. The molecule has 2 unspecified atom stereocenters. The van der Waals surface area contributed by atoms with E-state index in [9.17, 15) is 18.7 Å². The fraction of sp³-hybridized carbons (Fsp3) is 0.192. The average Bonchev–Trinajstić information content (AvgIpc) is 3.23. The summed E-state index contributed by atoms with van der Waals surface area (Å²) < 4.78 is 28.2. The van der Waals surface area contributed by atoms with E-state index < -0.39 is 17.7 Å². The van der Waals surface area contributed by atoms with E-state index in [1.165, 1.54) is 0 Å². The van der Waals surface area contributed by atoms with Gasteiger partial charge < -0.3 is 15.7 Å². The summed E-state index contributed by atoms with van der Waals surface area (Å²) in [6.07, 6.45) is 2.40. The lowest BCUT2D eigenvalue weighted by molar-refractivity contribution is -0.132. The monoisotopic (exact) mass is 434 g/mol. The van der Waals surface area contributed by atoms with Crippen molar-refractivity contribution in [2.24, 2.45) is 5.73 Å². The number of nitrogens with two attached hydrogens (primary N) is 1. The first-order chi connectivity index (χ1) is 15.4. The summed E-state index contributed by atoms with van der Waals surface area (Å²) in [5.41, 5.74) is 8.79. The zero-order valence-electron chi connectivity index (χ0n) is 17.4. The summed E-state index contributed by atoms with van der Waals surface area (Å²) in [6, 6.07) is 18.7. The van der Waals surface area contributed by atoms with Gasteiger partial charge in [-0.15, -0.1) is 0 Å². The molecule has 2 atom stereocenters. The highest BCUT2D eigenvalue weighted by Crippen LogP contribution is 2.36. The number of carbonyl (C=O) groups excluding carboxylic acids is 1. The number of hydrogen-bond acceptors (Lipinski definition) is 3. The Morgan fingerprint density at radius 3 is 2.50 bits per heavy atom. The van der Waals surface area contributed by atoms with Gasteiger partial charge in [-0.05, 0) is 53.5 Å². The maximum atomic E-state index is 14.4. The van der Waals surface area contributed by atoms with Gasteiger partial charge in [0.2, 0.25) is 5.91 Å². The fourth-order valence-electron chi connectivity index (χ4n) is 4.05. The van der Waals surface area contributed by atoms with Crippen molar-refractivity contribution in [2.45, 2.75) is 24.9 Å². The van der Waals surface area contributed by atoms with Crippen LogP contribution in [0.2, 0.25) is 0 Å². The van der Waals surface area contributed by atoms with Crippen molar-refractivity contribution in [3.05, 3.63) is 107 Å². The summed E-state index contributed by atoms with van der Waals surface area (Å²) >= 11 is 0. The van der Waals surface area contributed by atoms with Crippen LogP contribution in [-0.2, 0) is 11.2 Å². The van der Waals surface area contributed by atoms with E-state index in [4.69, 9.17) is 5.73 Å². The molecule has 0 fully saturated rings. The summed E-state index contributed by atoms with van der Waals surface area (Å²) in [5.74, 6) is -1.04. The minimum absolute atomic E-state index is 0.108. The van der Waals surface area contributed by atoms with E-state index in [2.05, 4.69) is 0 Å². The SMILES string of the molecule is NC(CC(=O)N1CC(c2cc(F)ccc2F)=CC1c1ccccc1)Cc1ccc(O)cc1. The Kier molecular flexibility index (Phi) is 6.32. The quantitative estimate of drug-likeness (QED) is 0.596. The molecule has 1 aliphatic rings. The predicted octanol–water partition coefficient (Wildman–Crippen LogP) is 4.60. The number of phenolic OH excluding ortho intramolecular Hbond substituents is 1. The molecule has 32 heavy (non-hydrogen) atoms. The largest absolute Gasteiger partial charge is 0.508 e. The van der Waals surface area contributed by atoms with Crippen molar-refractivity contribution in [3.8, 4) is 5.75 Å². The second-order valence-corrected chi connectivity index (χ2v) is 8.03. The number of phenols is 1.